The van der Waals surface area contributed by atoms with Gasteiger partial charge in [-0.15, -0.1) is 0 Å². The lowest BCUT2D eigenvalue weighted by atomic mass is 9.96. The van der Waals surface area contributed by atoms with Crippen molar-refractivity contribution in [2.24, 2.45) is 0 Å². The highest BCUT2D eigenvalue weighted by Gasteiger charge is 2.26. The highest BCUT2D eigenvalue weighted by Crippen LogP contribution is 2.28. The van der Waals surface area contributed by atoms with Crippen LogP contribution in [0.1, 0.15) is 44.1 Å². The van der Waals surface area contributed by atoms with Crippen molar-refractivity contribution >= 4 is 15.8 Å². The van der Waals surface area contributed by atoms with Crippen molar-refractivity contribution < 1.29 is 13.2 Å². The Morgan fingerprint density at radius 2 is 1.82 bits per heavy atom. The lowest BCUT2D eigenvalue weighted by Gasteiger charge is -2.27. The number of hydrogen-bond donors (Lipinski definition) is 1. The van der Waals surface area contributed by atoms with Gasteiger partial charge in [-0.3, -0.25) is 0 Å². The molecule has 1 aromatic carbocycles. The van der Waals surface area contributed by atoms with E-state index in [1.807, 2.05) is 24.3 Å². The van der Waals surface area contributed by atoms with Crippen molar-refractivity contribution in [1.29, 1.82) is 0 Å². The van der Waals surface area contributed by atoms with Gasteiger partial charge in [-0.2, -0.15) is 4.31 Å². The molecule has 1 aliphatic carbocycles. The third-order valence-electron chi connectivity index (χ3n) is 5.47. The van der Waals surface area contributed by atoms with Crippen LogP contribution in [-0.2, 0) is 16.6 Å². The van der Waals surface area contributed by atoms with Gasteiger partial charge in [0.2, 0.25) is 10.0 Å². The van der Waals surface area contributed by atoms with Gasteiger partial charge in [0, 0.05) is 31.4 Å². The second kappa shape index (κ2) is 8.49. The lowest BCUT2D eigenvalue weighted by Crippen LogP contribution is -2.35. The number of anilines is 1. The van der Waals surface area contributed by atoms with Gasteiger partial charge in [-0.25, -0.2) is 13.4 Å². The summed E-state index contributed by atoms with van der Waals surface area (Å²) in [6.45, 7) is 1.77. The quantitative estimate of drug-likeness (QED) is 0.764. The summed E-state index contributed by atoms with van der Waals surface area (Å²) >= 11 is 0. The maximum atomic E-state index is 12.7. The third-order valence-corrected chi connectivity index (χ3v) is 7.35. The molecule has 0 radical (unpaired) electrons. The maximum absolute atomic E-state index is 12.7. The number of aromatic nitrogens is 1. The Morgan fingerprint density at radius 1 is 1.04 bits per heavy atom. The van der Waals surface area contributed by atoms with Crippen molar-refractivity contribution in [1.82, 2.24) is 9.29 Å². The molecule has 0 bridgehead atoms. The molecule has 150 valence electrons. The molecule has 1 saturated carbocycles. The molecule has 1 aromatic heterocycles. The smallest absolute Gasteiger partial charge is 0.244 e. The van der Waals surface area contributed by atoms with Gasteiger partial charge in [0.05, 0.1) is 6.10 Å². The highest BCUT2D eigenvalue weighted by molar-refractivity contribution is 7.89. The molecule has 0 spiro atoms. The van der Waals surface area contributed by atoms with Gasteiger partial charge in [0.25, 0.3) is 0 Å². The molecule has 0 atom stereocenters. The Hall–Kier alpha value is -2.12. The minimum absolute atomic E-state index is 0.258. The van der Waals surface area contributed by atoms with E-state index in [1.165, 1.54) is 12.6 Å². The first kappa shape index (κ1) is 19.2. The van der Waals surface area contributed by atoms with E-state index in [0.29, 0.717) is 31.6 Å². The fraction of sp³-hybridized carbons (Fsp3) is 0.476. The summed E-state index contributed by atoms with van der Waals surface area (Å²) in [6, 6.07) is 11.4. The second-order valence-corrected chi connectivity index (χ2v) is 9.41. The largest absolute Gasteiger partial charge is 0.490 e. The normalized spacial score (nSPS) is 18.4. The predicted octanol–water partition coefficient (Wildman–Crippen LogP) is 3.80. The molecular formula is C21H27N3O3S. The van der Waals surface area contributed by atoms with Crippen molar-refractivity contribution in [3.63, 3.8) is 0 Å². The topological polar surface area (TPSA) is 71.5 Å². The minimum atomic E-state index is -3.44. The number of benzene rings is 1. The first-order valence-corrected chi connectivity index (χ1v) is 11.5. The molecule has 1 N–H and O–H groups in total. The van der Waals surface area contributed by atoms with Crippen LogP contribution < -0.4 is 10.1 Å². The molecule has 2 fully saturated rings. The van der Waals surface area contributed by atoms with Crippen molar-refractivity contribution in [2.75, 3.05) is 18.4 Å². The van der Waals surface area contributed by atoms with Crippen LogP contribution in [0.2, 0.25) is 0 Å². The van der Waals surface area contributed by atoms with E-state index in [2.05, 4.69) is 10.3 Å². The molecule has 6 nitrogen and oxygen atoms in total. The van der Waals surface area contributed by atoms with Crippen LogP contribution in [0.3, 0.4) is 0 Å². The summed E-state index contributed by atoms with van der Waals surface area (Å²) in [4.78, 5) is 4.57. The van der Waals surface area contributed by atoms with E-state index in [-0.39, 0.29) is 4.90 Å². The van der Waals surface area contributed by atoms with Gasteiger partial charge in [-0.1, -0.05) is 24.6 Å². The van der Waals surface area contributed by atoms with Gasteiger partial charge in [-0.05, 0) is 50.3 Å². The molecule has 28 heavy (non-hydrogen) atoms. The van der Waals surface area contributed by atoms with Gasteiger partial charge in [0.1, 0.15) is 16.5 Å². The molecule has 0 unspecified atom stereocenters. The molecule has 1 saturated heterocycles. The highest BCUT2D eigenvalue weighted by atomic mass is 32.2. The number of para-hydroxylation sites is 1. The SMILES string of the molecule is O=S(=O)(c1ccc(NCc2ccccc2OC2CCC2)nc1)N1CCCCC1. The molecular weight excluding hydrogens is 374 g/mol. The zero-order valence-electron chi connectivity index (χ0n) is 16.0. The first-order chi connectivity index (χ1) is 13.6. The zero-order valence-corrected chi connectivity index (χ0v) is 16.8. The second-order valence-electron chi connectivity index (χ2n) is 7.48. The number of piperidine rings is 1. The molecule has 2 aliphatic rings. The number of ether oxygens (including phenoxy) is 1. The van der Waals surface area contributed by atoms with E-state index in [1.54, 1.807) is 16.4 Å². The summed E-state index contributed by atoms with van der Waals surface area (Å²) in [5.74, 6) is 1.56. The van der Waals surface area contributed by atoms with E-state index in [4.69, 9.17) is 4.74 Å². The first-order valence-electron chi connectivity index (χ1n) is 10.1. The predicted molar refractivity (Wildman–Crippen MR) is 109 cm³/mol. The molecule has 7 heteroatoms. The Balaban J connectivity index is 1.40. The van der Waals surface area contributed by atoms with E-state index in [9.17, 15) is 8.42 Å². The van der Waals surface area contributed by atoms with Crippen molar-refractivity contribution in [2.45, 2.75) is 56.1 Å². The van der Waals surface area contributed by atoms with Crippen LogP contribution in [0, 0.1) is 0 Å². The molecule has 2 heterocycles. The summed E-state index contributed by atoms with van der Waals surface area (Å²) in [7, 11) is -3.44. The fourth-order valence-corrected chi connectivity index (χ4v) is 4.97. The molecule has 4 rings (SSSR count). The van der Waals surface area contributed by atoms with Crippen LogP contribution in [-0.4, -0.2) is 36.9 Å². The van der Waals surface area contributed by atoms with E-state index < -0.39 is 10.0 Å². The Bertz CT molecular complexity index is 889. The Kier molecular flexibility index (Phi) is 5.82. The lowest BCUT2D eigenvalue weighted by molar-refractivity contribution is 0.119. The van der Waals surface area contributed by atoms with Gasteiger partial charge < -0.3 is 10.1 Å². The van der Waals surface area contributed by atoms with Crippen LogP contribution >= 0.6 is 0 Å². The standard InChI is InChI=1S/C21H27N3O3S/c25-28(26,24-13-4-1-5-14-24)19-11-12-21(23-16-19)22-15-17-7-2-3-10-20(17)27-18-8-6-9-18/h2-3,7,10-12,16,18H,1,4-6,8-9,13-15H2,(H,22,23). The molecule has 0 amide bonds. The van der Waals surface area contributed by atoms with E-state index >= 15 is 0 Å². The van der Waals surface area contributed by atoms with Gasteiger partial charge >= 0.3 is 0 Å². The Labute approximate surface area is 167 Å². The average molecular weight is 402 g/mol. The van der Waals surface area contributed by atoms with E-state index in [0.717, 1.165) is 43.4 Å². The maximum Gasteiger partial charge on any atom is 0.244 e. The minimum Gasteiger partial charge on any atom is -0.490 e. The zero-order chi connectivity index (χ0) is 19.4. The number of nitrogens with one attached hydrogen (secondary N) is 1. The number of hydrogen-bond acceptors (Lipinski definition) is 5. The van der Waals surface area contributed by atoms with Crippen LogP contribution in [0.4, 0.5) is 5.82 Å². The molecule has 1 aliphatic heterocycles. The third kappa shape index (κ3) is 4.31. The van der Waals surface area contributed by atoms with Crippen molar-refractivity contribution in [3.05, 3.63) is 48.2 Å². The number of rotatable bonds is 7. The van der Waals surface area contributed by atoms with Gasteiger partial charge in [0.15, 0.2) is 0 Å². The Morgan fingerprint density at radius 3 is 2.50 bits per heavy atom. The summed E-state index contributed by atoms with van der Waals surface area (Å²) in [5, 5.41) is 3.27. The summed E-state index contributed by atoms with van der Waals surface area (Å²) < 4.78 is 33.0. The van der Waals surface area contributed by atoms with Crippen LogP contribution in [0.5, 0.6) is 5.75 Å². The summed E-state index contributed by atoms with van der Waals surface area (Å²) in [5.41, 5.74) is 1.07. The fourth-order valence-electron chi connectivity index (χ4n) is 3.51. The molecule has 2 aromatic rings. The van der Waals surface area contributed by atoms with Crippen molar-refractivity contribution in [3.8, 4) is 5.75 Å². The summed E-state index contributed by atoms with van der Waals surface area (Å²) in [6.07, 6.45) is 8.21. The van der Waals surface area contributed by atoms with Crippen LogP contribution in [0.25, 0.3) is 0 Å². The number of pyridine rings is 1. The van der Waals surface area contributed by atoms with Crippen LogP contribution in [0.15, 0.2) is 47.5 Å². The number of nitrogens with zero attached hydrogens (tertiary/aromatic N) is 2. The number of sulfonamides is 1. The monoisotopic (exact) mass is 401 g/mol. The average Bonchev–Trinajstić information content (AvgIpc) is 2.71.